The molecule has 3 nitrogen and oxygen atoms in total. The average molecular weight is 591 g/mol. The maximum atomic E-state index is 16.6. The second-order valence-electron chi connectivity index (χ2n) is 11.2. The fraction of sp³-hybridized carbons (Fsp3) is 0.0750. The molecule has 0 atom stereocenters. The Labute approximate surface area is 260 Å². The van der Waals surface area contributed by atoms with Crippen LogP contribution in [0.4, 0.5) is 8.78 Å². The lowest BCUT2D eigenvalue weighted by molar-refractivity contribution is 0.514. The van der Waals surface area contributed by atoms with Gasteiger partial charge in [-0.25, -0.2) is 8.78 Å². The highest BCUT2D eigenvalue weighted by Gasteiger charge is 2.36. The fourth-order valence-electron chi connectivity index (χ4n) is 6.58. The number of nitrogens with one attached hydrogen (secondary N) is 1. The van der Waals surface area contributed by atoms with Gasteiger partial charge in [0.15, 0.2) is 0 Å². The molecule has 0 aromatic heterocycles. The minimum Gasteiger partial charge on any atom is -0.455 e. The molecule has 45 heavy (non-hydrogen) atoms. The normalized spacial score (nSPS) is 14.1. The van der Waals surface area contributed by atoms with E-state index >= 15 is 8.78 Å². The van der Waals surface area contributed by atoms with E-state index in [4.69, 9.17) is 9.73 Å². The number of aliphatic imine (C=N–C) groups is 1. The largest absolute Gasteiger partial charge is 0.455 e. The molecule has 0 bridgehead atoms. The van der Waals surface area contributed by atoms with Gasteiger partial charge < -0.3 is 10.1 Å². The molecular weight excluding hydrogens is 562 g/mol. The number of hydrogen-bond acceptors (Lipinski definition) is 3. The third-order valence-electron chi connectivity index (χ3n) is 8.47. The minimum absolute atomic E-state index is 0.312. The number of benzene rings is 6. The molecule has 6 aromatic carbocycles. The van der Waals surface area contributed by atoms with Gasteiger partial charge in [0, 0.05) is 57.8 Å². The summed E-state index contributed by atoms with van der Waals surface area (Å²) in [5.41, 5.74) is 6.30. The Bertz CT molecular complexity index is 2120. The van der Waals surface area contributed by atoms with Gasteiger partial charge in [-0.2, -0.15) is 0 Å². The van der Waals surface area contributed by atoms with Crippen LogP contribution in [0.5, 0.6) is 5.75 Å². The van der Waals surface area contributed by atoms with E-state index in [1.165, 1.54) is 0 Å². The van der Waals surface area contributed by atoms with Gasteiger partial charge >= 0.3 is 0 Å². The summed E-state index contributed by atoms with van der Waals surface area (Å²) in [6.07, 6.45) is 0.890. The smallest absolute Gasteiger partial charge is 0.147 e. The van der Waals surface area contributed by atoms with Gasteiger partial charge in [0.2, 0.25) is 0 Å². The van der Waals surface area contributed by atoms with E-state index in [-0.39, 0.29) is 0 Å². The van der Waals surface area contributed by atoms with Gasteiger partial charge in [0.1, 0.15) is 29.0 Å². The van der Waals surface area contributed by atoms with Crippen LogP contribution in [0.2, 0.25) is 0 Å². The summed E-state index contributed by atoms with van der Waals surface area (Å²) in [5.74, 6) is 0.259. The third-order valence-corrected chi connectivity index (χ3v) is 8.47. The number of hydrogen-bond donors (Lipinski definition) is 1. The predicted molar refractivity (Wildman–Crippen MR) is 178 cm³/mol. The average Bonchev–Trinajstić information content (AvgIpc) is 3.11. The van der Waals surface area contributed by atoms with Crippen LogP contribution in [-0.2, 0) is 0 Å². The van der Waals surface area contributed by atoms with Crippen molar-refractivity contribution in [1.29, 1.82) is 0 Å². The molecular formula is C40H28F2N2O. The second kappa shape index (κ2) is 11.2. The number of ether oxygens (including phenoxy) is 1. The van der Waals surface area contributed by atoms with Gasteiger partial charge in [0.25, 0.3) is 0 Å². The Morgan fingerprint density at radius 2 is 1.11 bits per heavy atom. The van der Waals surface area contributed by atoms with Crippen LogP contribution < -0.4 is 10.1 Å². The maximum absolute atomic E-state index is 16.6. The summed E-state index contributed by atoms with van der Waals surface area (Å²) in [5, 5.41) is 4.21. The Kier molecular flexibility index (Phi) is 6.72. The highest BCUT2D eigenvalue weighted by molar-refractivity contribution is 6.23. The molecule has 0 aliphatic carbocycles. The van der Waals surface area contributed by atoms with Crippen LogP contribution in [0, 0.1) is 11.6 Å². The lowest BCUT2D eigenvalue weighted by atomic mass is 9.80. The Hall–Kier alpha value is -5.55. The molecule has 0 unspecified atom stereocenters. The van der Waals surface area contributed by atoms with E-state index in [9.17, 15) is 0 Å². The van der Waals surface area contributed by atoms with Crippen molar-refractivity contribution in [2.45, 2.75) is 6.42 Å². The summed E-state index contributed by atoms with van der Waals surface area (Å²) < 4.78 is 40.2. The van der Waals surface area contributed by atoms with Gasteiger partial charge in [-0.15, -0.1) is 0 Å². The predicted octanol–water partition coefficient (Wildman–Crippen LogP) is 9.50. The standard InChI is InChI=1S/C40H28F2N2O/c41-29-24-30(42)35-33(27-18-9-3-10-19-27)38(28-20-11-4-12-21-28)45-39-36(35)34(29)31(25-14-5-1-6-15-25)32(26-16-7-2-8-17-26)37(39)40-43-22-13-23-44-40/h1-12,14-21,24H,13,22-23H2,(H,43,44). The van der Waals surface area contributed by atoms with Crippen LogP contribution in [0.1, 0.15) is 28.7 Å². The lowest BCUT2D eigenvalue weighted by Gasteiger charge is -2.31. The molecule has 2 aliphatic rings. The van der Waals surface area contributed by atoms with Crippen molar-refractivity contribution >= 4 is 27.9 Å². The van der Waals surface area contributed by atoms with Crippen molar-refractivity contribution in [3.63, 3.8) is 0 Å². The first-order valence-electron chi connectivity index (χ1n) is 15.1. The minimum atomic E-state index is -0.646. The molecule has 0 fully saturated rings. The number of halogens is 2. The number of rotatable bonds is 5. The fourth-order valence-corrected chi connectivity index (χ4v) is 6.58. The summed E-state index contributed by atoms with van der Waals surface area (Å²) in [6.45, 7) is 1.36. The van der Waals surface area contributed by atoms with E-state index in [0.717, 1.165) is 46.8 Å². The summed E-state index contributed by atoms with van der Waals surface area (Å²) in [4.78, 5) is 4.93. The SMILES string of the molecule is Fc1cc(F)c2c(-c3ccccc3)c(-c3ccccc3)c(C3=NCCCN3)c3c2c1C(c1ccccc1)=C(c1ccccc1)O3. The van der Waals surface area contributed by atoms with E-state index in [2.05, 4.69) is 5.32 Å². The zero-order valence-electron chi connectivity index (χ0n) is 24.4. The van der Waals surface area contributed by atoms with E-state index in [0.29, 0.717) is 56.9 Å². The third kappa shape index (κ3) is 4.51. The van der Waals surface area contributed by atoms with Crippen LogP contribution in [-0.4, -0.2) is 18.9 Å². The van der Waals surface area contributed by atoms with E-state index in [1.807, 2.05) is 121 Å². The maximum Gasteiger partial charge on any atom is 0.147 e. The van der Waals surface area contributed by atoms with Crippen molar-refractivity contribution in [2.24, 2.45) is 4.99 Å². The summed E-state index contributed by atoms with van der Waals surface area (Å²) >= 11 is 0. The van der Waals surface area contributed by atoms with E-state index in [1.54, 1.807) is 0 Å². The van der Waals surface area contributed by atoms with Crippen molar-refractivity contribution < 1.29 is 13.5 Å². The molecule has 0 radical (unpaired) electrons. The topological polar surface area (TPSA) is 33.6 Å². The van der Waals surface area contributed by atoms with Gasteiger partial charge in [-0.05, 0) is 23.1 Å². The molecule has 2 heterocycles. The molecule has 2 aliphatic heterocycles. The summed E-state index contributed by atoms with van der Waals surface area (Å²) in [6, 6.07) is 40.0. The van der Waals surface area contributed by atoms with Gasteiger partial charge in [-0.1, -0.05) is 121 Å². The number of nitrogens with zero attached hydrogens (tertiary/aromatic N) is 1. The monoisotopic (exact) mass is 590 g/mol. The Balaban J connectivity index is 1.62. The second-order valence-corrected chi connectivity index (χ2v) is 11.2. The zero-order chi connectivity index (χ0) is 30.3. The Morgan fingerprint density at radius 1 is 0.556 bits per heavy atom. The molecule has 0 spiro atoms. The molecule has 0 saturated carbocycles. The molecule has 218 valence electrons. The zero-order valence-corrected chi connectivity index (χ0v) is 24.4. The van der Waals surface area contributed by atoms with Crippen molar-refractivity contribution in [3.05, 3.63) is 161 Å². The molecule has 5 heteroatoms. The molecule has 8 rings (SSSR count). The summed E-state index contributed by atoms with van der Waals surface area (Å²) in [7, 11) is 0. The highest BCUT2D eigenvalue weighted by atomic mass is 19.1. The quantitative estimate of drug-likeness (QED) is 0.217. The first-order valence-corrected chi connectivity index (χ1v) is 15.1. The molecule has 0 amide bonds. The Morgan fingerprint density at radius 3 is 1.69 bits per heavy atom. The molecule has 6 aromatic rings. The first-order chi connectivity index (χ1) is 22.2. The lowest BCUT2D eigenvalue weighted by Crippen LogP contribution is -2.31. The van der Waals surface area contributed by atoms with Crippen LogP contribution >= 0.6 is 0 Å². The molecule has 1 N–H and O–H groups in total. The van der Waals surface area contributed by atoms with Crippen molar-refractivity contribution in [1.82, 2.24) is 5.32 Å². The first kappa shape index (κ1) is 27.0. The van der Waals surface area contributed by atoms with Gasteiger partial charge in [0.05, 0.1) is 5.56 Å². The van der Waals surface area contributed by atoms with Crippen LogP contribution in [0.15, 0.2) is 132 Å². The molecule has 0 saturated heterocycles. The highest BCUT2D eigenvalue weighted by Crippen LogP contribution is 2.54. The van der Waals surface area contributed by atoms with Crippen molar-refractivity contribution in [2.75, 3.05) is 13.1 Å². The number of amidine groups is 1. The van der Waals surface area contributed by atoms with Crippen LogP contribution in [0.25, 0.3) is 44.4 Å². The van der Waals surface area contributed by atoms with E-state index < -0.39 is 11.6 Å². The van der Waals surface area contributed by atoms with Gasteiger partial charge in [-0.3, -0.25) is 4.99 Å². The van der Waals surface area contributed by atoms with Crippen LogP contribution in [0.3, 0.4) is 0 Å². The van der Waals surface area contributed by atoms with Crippen molar-refractivity contribution in [3.8, 4) is 28.0 Å².